The van der Waals surface area contributed by atoms with Gasteiger partial charge in [-0.05, 0) is 43.9 Å². The van der Waals surface area contributed by atoms with Gasteiger partial charge in [-0.3, -0.25) is 4.79 Å². The normalized spacial score (nSPS) is 46.2. The highest BCUT2D eigenvalue weighted by atomic mass is 16.2. The summed E-state index contributed by atoms with van der Waals surface area (Å²) in [5.74, 6) is 2.00. The molecular formula is C13H22N2O. The number of carbonyl (C=O) groups excluding carboxylic acids is 1. The Kier molecular flexibility index (Phi) is 2.66. The summed E-state index contributed by atoms with van der Waals surface area (Å²) in [7, 11) is 0. The fraction of sp³-hybridized carbons (Fsp3) is 0.923. The van der Waals surface area contributed by atoms with Crippen LogP contribution in [0.5, 0.6) is 0 Å². The Bertz CT molecular complexity index is 292. The van der Waals surface area contributed by atoms with Crippen LogP contribution in [-0.4, -0.2) is 18.0 Å². The predicted octanol–water partition coefficient (Wildman–Crippen LogP) is 1.42. The van der Waals surface area contributed by atoms with Crippen LogP contribution in [0.3, 0.4) is 0 Å². The number of hydrogen-bond acceptors (Lipinski definition) is 2. The summed E-state index contributed by atoms with van der Waals surface area (Å²) in [6, 6.07) is 0.581. The maximum absolute atomic E-state index is 12.1. The van der Waals surface area contributed by atoms with Crippen molar-refractivity contribution in [2.75, 3.05) is 0 Å². The molecule has 1 amide bonds. The van der Waals surface area contributed by atoms with Crippen molar-refractivity contribution in [1.29, 1.82) is 0 Å². The molecule has 2 bridgehead atoms. The molecule has 3 rings (SSSR count). The van der Waals surface area contributed by atoms with E-state index in [4.69, 9.17) is 5.73 Å². The Hall–Kier alpha value is -0.570. The third kappa shape index (κ3) is 1.75. The molecule has 5 atom stereocenters. The lowest BCUT2D eigenvalue weighted by Crippen LogP contribution is -2.45. The number of fused-ring (bicyclic) bond motifs is 2. The predicted molar refractivity (Wildman–Crippen MR) is 62.7 cm³/mol. The van der Waals surface area contributed by atoms with E-state index in [0.29, 0.717) is 6.04 Å². The van der Waals surface area contributed by atoms with E-state index in [9.17, 15) is 4.79 Å². The van der Waals surface area contributed by atoms with Gasteiger partial charge >= 0.3 is 0 Å². The summed E-state index contributed by atoms with van der Waals surface area (Å²) in [6.07, 6.45) is 8.42. The standard InChI is InChI=1S/C13H22N2O/c14-11-3-1-2-10(11)13(16)15-12-7-8-4-5-9(12)6-8/h8-12H,1-7,14H2,(H,15,16). The van der Waals surface area contributed by atoms with Gasteiger partial charge in [-0.15, -0.1) is 0 Å². The Morgan fingerprint density at radius 3 is 2.56 bits per heavy atom. The largest absolute Gasteiger partial charge is 0.353 e. The number of carbonyl (C=O) groups is 1. The molecule has 3 aliphatic rings. The molecule has 0 saturated heterocycles. The van der Waals surface area contributed by atoms with E-state index in [2.05, 4.69) is 5.32 Å². The Balaban J connectivity index is 1.56. The zero-order valence-corrected chi connectivity index (χ0v) is 9.82. The Morgan fingerprint density at radius 2 is 2.00 bits per heavy atom. The van der Waals surface area contributed by atoms with Crippen molar-refractivity contribution in [3.63, 3.8) is 0 Å². The second-order valence-corrected chi connectivity index (χ2v) is 5.99. The minimum absolute atomic E-state index is 0.0964. The molecule has 90 valence electrons. The quantitative estimate of drug-likeness (QED) is 0.742. The SMILES string of the molecule is NC1CCCC1C(=O)NC1CC2CCC1C2. The highest BCUT2D eigenvalue weighted by Crippen LogP contribution is 2.44. The van der Waals surface area contributed by atoms with Gasteiger partial charge in [0.05, 0.1) is 5.92 Å². The lowest BCUT2D eigenvalue weighted by Gasteiger charge is -2.25. The van der Waals surface area contributed by atoms with Crippen molar-refractivity contribution in [3.05, 3.63) is 0 Å². The fourth-order valence-corrected chi connectivity index (χ4v) is 4.03. The molecule has 0 aromatic carbocycles. The Labute approximate surface area is 97.2 Å². The lowest BCUT2D eigenvalue weighted by atomic mass is 9.94. The van der Waals surface area contributed by atoms with E-state index in [0.717, 1.165) is 31.1 Å². The van der Waals surface area contributed by atoms with E-state index < -0.39 is 0 Å². The zero-order chi connectivity index (χ0) is 11.1. The molecule has 5 unspecified atom stereocenters. The van der Waals surface area contributed by atoms with Gasteiger partial charge in [0, 0.05) is 12.1 Å². The number of amides is 1. The molecule has 3 nitrogen and oxygen atoms in total. The molecule has 3 N–H and O–H groups in total. The fourth-order valence-electron chi connectivity index (χ4n) is 4.03. The van der Waals surface area contributed by atoms with Gasteiger partial charge in [-0.2, -0.15) is 0 Å². The minimum Gasteiger partial charge on any atom is -0.353 e. The van der Waals surface area contributed by atoms with Crippen molar-refractivity contribution in [2.24, 2.45) is 23.5 Å². The van der Waals surface area contributed by atoms with E-state index in [1.807, 2.05) is 0 Å². The first-order chi connectivity index (χ1) is 7.74. The lowest BCUT2D eigenvalue weighted by molar-refractivity contribution is -0.126. The van der Waals surface area contributed by atoms with Crippen LogP contribution in [0.25, 0.3) is 0 Å². The van der Waals surface area contributed by atoms with Crippen molar-refractivity contribution >= 4 is 5.91 Å². The summed E-state index contributed by atoms with van der Waals surface area (Å²) in [6.45, 7) is 0. The molecule has 3 heteroatoms. The molecule has 0 heterocycles. The third-order valence-corrected chi connectivity index (χ3v) is 4.97. The molecule has 16 heavy (non-hydrogen) atoms. The zero-order valence-electron chi connectivity index (χ0n) is 9.82. The number of hydrogen-bond donors (Lipinski definition) is 2. The summed E-state index contributed by atoms with van der Waals surface area (Å²) < 4.78 is 0. The number of nitrogens with two attached hydrogens (primary N) is 1. The smallest absolute Gasteiger partial charge is 0.224 e. The molecule has 3 fully saturated rings. The molecule has 0 aromatic heterocycles. The molecule has 3 saturated carbocycles. The van der Waals surface area contributed by atoms with E-state index in [1.165, 1.54) is 25.7 Å². The van der Waals surface area contributed by atoms with Crippen LogP contribution in [-0.2, 0) is 4.79 Å². The average Bonchev–Trinajstić information content (AvgIpc) is 2.92. The molecule has 0 aromatic rings. The van der Waals surface area contributed by atoms with Crippen LogP contribution in [0.15, 0.2) is 0 Å². The molecule has 0 spiro atoms. The highest BCUT2D eigenvalue weighted by Gasteiger charge is 2.41. The van der Waals surface area contributed by atoms with Gasteiger partial charge in [0.15, 0.2) is 0 Å². The number of nitrogens with one attached hydrogen (secondary N) is 1. The van der Waals surface area contributed by atoms with Crippen LogP contribution in [0.1, 0.15) is 44.9 Å². The number of rotatable bonds is 2. The first-order valence-electron chi connectivity index (χ1n) is 6.80. The molecule has 0 aliphatic heterocycles. The van der Waals surface area contributed by atoms with E-state index in [1.54, 1.807) is 0 Å². The highest BCUT2D eigenvalue weighted by molar-refractivity contribution is 5.80. The summed E-state index contributed by atoms with van der Waals surface area (Å²) in [5.41, 5.74) is 5.97. The van der Waals surface area contributed by atoms with Gasteiger partial charge < -0.3 is 11.1 Å². The van der Waals surface area contributed by atoms with Gasteiger partial charge in [-0.25, -0.2) is 0 Å². The molecule has 0 radical (unpaired) electrons. The van der Waals surface area contributed by atoms with Crippen LogP contribution in [0.2, 0.25) is 0 Å². The van der Waals surface area contributed by atoms with Crippen LogP contribution in [0, 0.1) is 17.8 Å². The maximum atomic E-state index is 12.1. The van der Waals surface area contributed by atoms with Crippen molar-refractivity contribution in [2.45, 2.75) is 57.0 Å². The molecular weight excluding hydrogens is 200 g/mol. The monoisotopic (exact) mass is 222 g/mol. The van der Waals surface area contributed by atoms with Crippen LogP contribution in [0.4, 0.5) is 0 Å². The summed E-state index contributed by atoms with van der Waals surface area (Å²) in [5, 5.41) is 3.26. The first-order valence-corrected chi connectivity index (χ1v) is 6.80. The second-order valence-electron chi connectivity index (χ2n) is 5.99. The molecule has 3 aliphatic carbocycles. The van der Waals surface area contributed by atoms with Crippen molar-refractivity contribution < 1.29 is 4.79 Å². The van der Waals surface area contributed by atoms with Crippen LogP contribution < -0.4 is 11.1 Å². The van der Waals surface area contributed by atoms with Crippen LogP contribution >= 0.6 is 0 Å². The van der Waals surface area contributed by atoms with Crippen molar-refractivity contribution in [3.8, 4) is 0 Å². The van der Waals surface area contributed by atoms with E-state index >= 15 is 0 Å². The topological polar surface area (TPSA) is 55.1 Å². The second kappa shape index (κ2) is 4.02. The van der Waals surface area contributed by atoms with Gasteiger partial charge in [0.1, 0.15) is 0 Å². The summed E-state index contributed by atoms with van der Waals surface area (Å²) >= 11 is 0. The minimum atomic E-state index is 0.0964. The average molecular weight is 222 g/mol. The maximum Gasteiger partial charge on any atom is 0.224 e. The first kappa shape index (κ1) is 10.6. The van der Waals surface area contributed by atoms with E-state index in [-0.39, 0.29) is 17.9 Å². The third-order valence-electron chi connectivity index (χ3n) is 4.97. The van der Waals surface area contributed by atoms with Crippen molar-refractivity contribution in [1.82, 2.24) is 5.32 Å². The summed E-state index contributed by atoms with van der Waals surface area (Å²) in [4.78, 5) is 12.1. The Morgan fingerprint density at radius 1 is 1.12 bits per heavy atom. The van der Waals surface area contributed by atoms with Gasteiger partial charge in [0.2, 0.25) is 5.91 Å². The van der Waals surface area contributed by atoms with Gasteiger partial charge in [-0.1, -0.05) is 12.8 Å². The van der Waals surface area contributed by atoms with Gasteiger partial charge in [0.25, 0.3) is 0 Å².